The van der Waals surface area contributed by atoms with Crippen molar-refractivity contribution in [1.29, 1.82) is 0 Å². The lowest BCUT2D eigenvalue weighted by Crippen LogP contribution is -2.49. The van der Waals surface area contributed by atoms with Crippen LogP contribution in [0.15, 0.2) is 35.5 Å². The van der Waals surface area contributed by atoms with Crippen LogP contribution in [0.5, 0.6) is 0 Å². The summed E-state index contributed by atoms with van der Waals surface area (Å²) >= 11 is 0. The first-order valence-corrected chi connectivity index (χ1v) is 8.72. The van der Waals surface area contributed by atoms with Crippen LogP contribution in [0.3, 0.4) is 0 Å². The van der Waals surface area contributed by atoms with Gasteiger partial charge in [0.05, 0.1) is 43.3 Å². The summed E-state index contributed by atoms with van der Waals surface area (Å²) in [4.78, 5) is 23.2. The molecule has 140 valence electrons. The zero-order valence-electron chi connectivity index (χ0n) is 14.2. The molecule has 2 bridgehead atoms. The van der Waals surface area contributed by atoms with Gasteiger partial charge in [0.1, 0.15) is 11.3 Å². The first-order chi connectivity index (χ1) is 13.1. The Morgan fingerprint density at radius 2 is 2.00 bits per heavy atom. The molecule has 0 spiro atoms. The average molecular weight is 374 g/mol. The van der Waals surface area contributed by atoms with Gasteiger partial charge in [-0.3, -0.25) is 9.20 Å². The van der Waals surface area contributed by atoms with Gasteiger partial charge in [0, 0.05) is 11.8 Å². The molecule has 9 heteroatoms. The van der Waals surface area contributed by atoms with E-state index in [2.05, 4.69) is 9.97 Å². The minimum Gasteiger partial charge on any atom is -0.443 e. The molecule has 5 heterocycles. The van der Waals surface area contributed by atoms with Crippen LogP contribution in [0.1, 0.15) is 35.3 Å². The van der Waals surface area contributed by atoms with Gasteiger partial charge >= 0.3 is 0 Å². The molecule has 2 aliphatic heterocycles. The Labute approximate surface area is 152 Å². The fourth-order valence-corrected chi connectivity index (χ4v) is 4.01. The lowest BCUT2D eigenvalue weighted by atomic mass is 10.1. The van der Waals surface area contributed by atoms with Crippen LogP contribution >= 0.6 is 0 Å². The number of imidazole rings is 1. The van der Waals surface area contributed by atoms with Crippen LogP contribution in [-0.2, 0) is 4.74 Å². The van der Waals surface area contributed by atoms with Gasteiger partial charge < -0.3 is 14.1 Å². The molecule has 0 radical (unpaired) electrons. The summed E-state index contributed by atoms with van der Waals surface area (Å²) < 4.78 is 39.1. The van der Waals surface area contributed by atoms with E-state index < -0.39 is 6.43 Å². The average Bonchev–Trinajstić information content (AvgIpc) is 3.38. The molecule has 0 aromatic carbocycles. The Hall–Kier alpha value is -2.81. The maximum atomic E-state index is 13.5. The Kier molecular flexibility index (Phi) is 3.71. The summed E-state index contributed by atoms with van der Waals surface area (Å²) in [5, 5.41) is 0. The summed E-state index contributed by atoms with van der Waals surface area (Å²) in [6, 6.07) is 1.36. The number of rotatable bonds is 3. The molecular formula is C18H16F2N4O3. The molecule has 2 fully saturated rings. The van der Waals surface area contributed by atoms with Crippen LogP contribution in [0.4, 0.5) is 8.78 Å². The van der Waals surface area contributed by atoms with Crippen LogP contribution in [0, 0.1) is 0 Å². The topological polar surface area (TPSA) is 72.9 Å². The molecule has 2 saturated heterocycles. The Morgan fingerprint density at radius 1 is 1.22 bits per heavy atom. The van der Waals surface area contributed by atoms with Crippen LogP contribution in [0.25, 0.3) is 17.0 Å². The number of carbonyl (C=O) groups is 1. The molecule has 3 aromatic rings. The van der Waals surface area contributed by atoms with Gasteiger partial charge in [-0.2, -0.15) is 0 Å². The Bertz CT molecular complexity index is 986. The van der Waals surface area contributed by atoms with Crippen molar-refractivity contribution in [2.75, 3.05) is 13.2 Å². The highest BCUT2D eigenvalue weighted by Crippen LogP contribution is 2.33. The van der Waals surface area contributed by atoms with Crippen molar-refractivity contribution < 1.29 is 22.7 Å². The zero-order valence-corrected chi connectivity index (χ0v) is 14.2. The number of hydrogen-bond donors (Lipinski definition) is 0. The molecule has 5 rings (SSSR count). The fraction of sp³-hybridized carbons (Fsp3) is 0.389. The van der Waals surface area contributed by atoms with Gasteiger partial charge in [-0.25, -0.2) is 18.7 Å². The third kappa shape index (κ3) is 2.53. The zero-order chi connectivity index (χ0) is 18.5. The second kappa shape index (κ2) is 6.12. The second-order valence-corrected chi connectivity index (χ2v) is 6.83. The monoisotopic (exact) mass is 374 g/mol. The SMILES string of the molecule is O=C(c1cnc2c(-c3cnco3)cc(C(F)F)cn12)N1C2CCC1COC2. The van der Waals surface area contributed by atoms with Crippen molar-refractivity contribution in [3.05, 3.63) is 42.3 Å². The van der Waals surface area contributed by atoms with Crippen LogP contribution in [0.2, 0.25) is 0 Å². The Morgan fingerprint density at radius 3 is 2.67 bits per heavy atom. The normalized spacial score (nSPS) is 22.1. The third-order valence-electron chi connectivity index (χ3n) is 5.27. The molecule has 7 nitrogen and oxygen atoms in total. The molecule has 2 unspecified atom stereocenters. The van der Waals surface area contributed by atoms with Gasteiger partial charge in [-0.15, -0.1) is 0 Å². The van der Waals surface area contributed by atoms with Gasteiger partial charge in [-0.05, 0) is 18.9 Å². The molecule has 2 aliphatic rings. The fourth-order valence-electron chi connectivity index (χ4n) is 4.01. The third-order valence-corrected chi connectivity index (χ3v) is 5.27. The number of oxazole rings is 1. The predicted octanol–water partition coefficient (Wildman–Crippen LogP) is 2.93. The number of carbonyl (C=O) groups excluding carboxylic acids is 1. The minimum absolute atomic E-state index is 0.0221. The maximum Gasteiger partial charge on any atom is 0.273 e. The smallest absolute Gasteiger partial charge is 0.273 e. The number of amides is 1. The van der Waals surface area contributed by atoms with Crippen molar-refractivity contribution in [3.63, 3.8) is 0 Å². The Balaban J connectivity index is 1.65. The highest BCUT2D eigenvalue weighted by atomic mass is 19.3. The van der Waals surface area contributed by atoms with Crippen molar-refractivity contribution in [2.24, 2.45) is 0 Å². The minimum atomic E-state index is -2.69. The molecule has 2 atom stereocenters. The van der Waals surface area contributed by atoms with E-state index in [1.54, 1.807) is 0 Å². The van der Waals surface area contributed by atoms with Gasteiger partial charge in [-0.1, -0.05) is 0 Å². The molecular weight excluding hydrogens is 358 g/mol. The van der Waals surface area contributed by atoms with Gasteiger partial charge in [0.25, 0.3) is 12.3 Å². The van der Waals surface area contributed by atoms with E-state index in [1.807, 2.05) is 4.90 Å². The molecule has 0 N–H and O–H groups in total. The number of halogens is 2. The predicted molar refractivity (Wildman–Crippen MR) is 89.4 cm³/mol. The quantitative estimate of drug-likeness (QED) is 0.705. The second-order valence-electron chi connectivity index (χ2n) is 6.83. The number of morpholine rings is 1. The van der Waals surface area contributed by atoms with Crippen molar-refractivity contribution in [1.82, 2.24) is 19.3 Å². The van der Waals surface area contributed by atoms with E-state index in [4.69, 9.17) is 9.15 Å². The van der Waals surface area contributed by atoms with Crippen molar-refractivity contribution in [2.45, 2.75) is 31.4 Å². The molecule has 1 amide bonds. The van der Waals surface area contributed by atoms with E-state index in [0.29, 0.717) is 30.2 Å². The first-order valence-electron chi connectivity index (χ1n) is 8.72. The standard InChI is InChI=1S/C18H16F2N4O3/c19-16(20)10-3-13(15-5-21-9-27-15)17-22-4-14(23(17)6-10)18(25)24-11-1-2-12(24)8-26-7-11/h3-6,9,11-12,16H,1-2,7-8H2. The summed E-state index contributed by atoms with van der Waals surface area (Å²) in [7, 11) is 0. The summed E-state index contributed by atoms with van der Waals surface area (Å²) in [5.41, 5.74) is 0.785. The number of pyridine rings is 1. The number of hydrogen-bond acceptors (Lipinski definition) is 5. The van der Waals surface area contributed by atoms with Crippen LogP contribution < -0.4 is 0 Å². The molecule has 0 saturated carbocycles. The summed E-state index contributed by atoms with van der Waals surface area (Å²) in [6.07, 6.45) is 4.44. The molecule has 0 aliphatic carbocycles. The lowest BCUT2D eigenvalue weighted by molar-refractivity contribution is -0.00752. The number of ether oxygens (including phenoxy) is 1. The number of alkyl halides is 2. The van der Waals surface area contributed by atoms with Crippen LogP contribution in [-0.4, -0.2) is 50.5 Å². The van der Waals surface area contributed by atoms with Crippen molar-refractivity contribution >= 4 is 11.6 Å². The highest BCUT2D eigenvalue weighted by Gasteiger charge is 2.41. The first kappa shape index (κ1) is 16.4. The summed E-state index contributed by atoms with van der Waals surface area (Å²) in [6.45, 7) is 1.01. The van der Waals surface area contributed by atoms with Gasteiger partial charge in [0.15, 0.2) is 12.2 Å². The number of fused-ring (bicyclic) bond motifs is 3. The van der Waals surface area contributed by atoms with E-state index in [-0.39, 0.29) is 29.2 Å². The van der Waals surface area contributed by atoms with E-state index in [1.165, 1.54) is 35.5 Å². The van der Waals surface area contributed by atoms with Crippen molar-refractivity contribution in [3.8, 4) is 11.3 Å². The highest BCUT2D eigenvalue weighted by molar-refractivity contribution is 5.95. The molecule has 27 heavy (non-hydrogen) atoms. The lowest BCUT2D eigenvalue weighted by Gasteiger charge is -2.34. The van der Waals surface area contributed by atoms with E-state index in [9.17, 15) is 13.6 Å². The number of aromatic nitrogens is 3. The van der Waals surface area contributed by atoms with Gasteiger partial charge in [0.2, 0.25) is 0 Å². The number of nitrogens with zero attached hydrogens (tertiary/aromatic N) is 4. The van der Waals surface area contributed by atoms with E-state index >= 15 is 0 Å². The largest absolute Gasteiger partial charge is 0.443 e. The molecule has 3 aromatic heterocycles. The maximum absolute atomic E-state index is 13.5. The van der Waals surface area contributed by atoms with E-state index in [0.717, 1.165) is 12.8 Å². The summed E-state index contributed by atoms with van der Waals surface area (Å²) in [5.74, 6) is 0.103.